The zero-order valence-corrected chi connectivity index (χ0v) is 18.3. The molecule has 36 heavy (non-hydrogen) atoms. The van der Waals surface area contributed by atoms with E-state index in [4.69, 9.17) is 0 Å². The van der Waals surface area contributed by atoms with Crippen molar-refractivity contribution in [2.24, 2.45) is 0 Å². The Hall–Kier alpha value is -4.29. The molecule has 2 aromatic carbocycles. The summed E-state index contributed by atoms with van der Waals surface area (Å²) in [6.07, 6.45) is -5.40. The van der Waals surface area contributed by atoms with E-state index in [0.29, 0.717) is 12.1 Å². The summed E-state index contributed by atoms with van der Waals surface area (Å²) in [7, 11) is 0. The highest BCUT2D eigenvalue weighted by molar-refractivity contribution is 5.96. The van der Waals surface area contributed by atoms with Crippen LogP contribution >= 0.6 is 0 Å². The quantitative estimate of drug-likeness (QED) is 0.374. The third-order valence-corrected chi connectivity index (χ3v) is 5.10. The molecule has 13 heteroatoms. The van der Waals surface area contributed by atoms with Crippen LogP contribution in [0.5, 0.6) is 0 Å². The van der Waals surface area contributed by atoms with Gasteiger partial charge in [-0.2, -0.15) is 36.1 Å². The molecule has 0 bridgehead atoms. The minimum atomic E-state index is -4.84. The van der Waals surface area contributed by atoms with Crippen LogP contribution in [0.4, 0.5) is 26.3 Å². The van der Waals surface area contributed by atoms with Gasteiger partial charge in [0.15, 0.2) is 5.82 Å². The smallest absolute Gasteiger partial charge is 0.342 e. The molecule has 0 spiro atoms. The number of aromatic nitrogens is 5. The molecular weight excluding hydrogens is 490 g/mol. The Kier molecular flexibility index (Phi) is 6.48. The van der Waals surface area contributed by atoms with Crippen molar-refractivity contribution in [2.75, 3.05) is 0 Å². The Morgan fingerprint density at radius 1 is 0.861 bits per heavy atom. The zero-order chi connectivity index (χ0) is 26.1. The van der Waals surface area contributed by atoms with E-state index in [1.807, 2.05) is 0 Å². The summed E-state index contributed by atoms with van der Waals surface area (Å²) >= 11 is 0. The topological polar surface area (TPSA) is 85.6 Å². The van der Waals surface area contributed by atoms with Gasteiger partial charge in [0.1, 0.15) is 6.33 Å². The minimum absolute atomic E-state index is 0.126. The number of benzene rings is 2. The Morgan fingerprint density at radius 3 is 2.19 bits per heavy atom. The number of nitrogens with one attached hydrogen (secondary N) is 1. The Labute approximate surface area is 199 Å². The van der Waals surface area contributed by atoms with Crippen LogP contribution in [0, 0.1) is 0 Å². The highest BCUT2D eigenvalue weighted by Crippen LogP contribution is 2.36. The van der Waals surface area contributed by atoms with Gasteiger partial charge in [0.2, 0.25) is 0 Å². The van der Waals surface area contributed by atoms with Crippen LogP contribution in [-0.2, 0) is 12.4 Å². The molecular formula is C23H16F6N6O. The molecule has 0 aliphatic carbocycles. The molecule has 1 atom stereocenters. The minimum Gasteiger partial charge on any atom is -0.342 e. The molecule has 0 aliphatic rings. The molecule has 2 aromatic heterocycles. The number of halogens is 6. The lowest BCUT2D eigenvalue weighted by molar-refractivity contribution is -0.138. The van der Waals surface area contributed by atoms with E-state index in [0.717, 1.165) is 24.3 Å². The maximum absolute atomic E-state index is 13.6. The number of nitrogens with zero attached hydrogens (tertiary/aromatic N) is 5. The molecule has 2 heterocycles. The largest absolute Gasteiger partial charge is 0.416 e. The molecule has 1 unspecified atom stereocenters. The Morgan fingerprint density at radius 2 is 1.53 bits per heavy atom. The first-order valence-electron chi connectivity index (χ1n) is 10.3. The predicted octanol–water partition coefficient (Wildman–Crippen LogP) is 5.25. The highest BCUT2D eigenvalue weighted by atomic mass is 19.4. The van der Waals surface area contributed by atoms with Crippen molar-refractivity contribution in [3.05, 3.63) is 89.8 Å². The van der Waals surface area contributed by atoms with E-state index in [-0.39, 0.29) is 22.9 Å². The van der Waals surface area contributed by atoms with Crippen LogP contribution in [0.3, 0.4) is 0 Å². The van der Waals surface area contributed by atoms with Gasteiger partial charge >= 0.3 is 12.4 Å². The lowest BCUT2D eigenvalue weighted by Crippen LogP contribution is -2.29. The molecule has 7 nitrogen and oxygen atoms in total. The van der Waals surface area contributed by atoms with E-state index in [1.54, 1.807) is 6.07 Å². The molecule has 0 saturated carbocycles. The molecule has 0 aliphatic heterocycles. The van der Waals surface area contributed by atoms with Crippen molar-refractivity contribution < 1.29 is 31.1 Å². The monoisotopic (exact) mass is 506 g/mol. The van der Waals surface area contributed by atoms with Gasteiger partial charge < -0.3 is 5.32 Å². The maximum atomic E-state index is 13.6. The van der Waals surface area contributed by atoms with Gasteiger partial charge in [-0.15, -0.1) is 0 Å². The normalized spacial score (nSPS) is 12.9. The number of carbonyl (C=O) groups is 1. The van der Waals surface area contributed by atoms with Crippen LogP contribution in [0.25, 0.3) is 17.1 Å². The Balaban J connectivity index is 1.68. The van der Waals surface area contributed by atoms with Crippen molar-refractivity contribution in [2.45, 2.75) is 25.3 Å². The summed E-state index contributed by atoms with van der Waals surface area (Å²) in [4.78, 5) is 25.1. The van der Waals surface area contributed by atoms with Gasteiger partial charge in [-0.25, -0.2) is 15.0 Å². The summed E-state index contributed by atoms with van der Waals surface area (Å²) in [5.74, 6) is -0.526. The molecule has 1 N–H and O–H groups in total. The first-order chi connectivity index (χ1) is 16.9. The molecule has 4 rings (SSSR count). The van der Waals surface area contributed by atoms with Crippen molar-refractivity contribution in [1.29, 1.82) is 0 Å². The highest BCUT2D eigenvalue weighted by Gasteiger charge is 2.33. The van der Waals surface area contributed by atoms with Gasteiger partial charge in [-0.05, 0) is 54.4 Å². The first-order valence-corrected chi connectivity index (χ1v) is 10.3. The maximum Gasteiger partial charge on any atom is 0.416 e. The van der Waals surface area contributed by atoms with Crippen LogP contribution < -0.4 is 5.32 Å². The summed E-state index contributed by atoms with van der Waals surface area (Å²) in [6, 6.07) is 7.01. The lowest BCUT2D eigenvalue weighted by atomic mass is 9.97. The van der Waals surface area contributed by atoms with Gasteiger partial charge in [0.25, 0.3) is 11.9 Å². The molecule has 4 aromatic rings. The third-order valence-electron chi connectivity index (χ3n) is 5.10. The average molecular weight is 506 g/mol. The van der Waals surface area contributed by atoms with Gasteiger partial charge in [0, 0.05) is 18.0 Å². The van der Waals surface area contributed by atoms with Crippen molar-refractivity contribution in [3.8, 4) is 17.1 Å². The second-order valence-corrected chi connectivity index (χ2v) is 7.65. The number of carbonyl (C=O) groups excluding carboxylic acids is 1. The summed E-state index contributed by atoms with van der Waals surface area (Å²) < 4.78 is 81.4. The summed E-state index contributed by atoms with van der Waals surface area (Å²) in [5.41, 5.74) is -2.93. The zero-order valence-electron chi connectivity index (χ0n) is 18.3. The van der Waals surface area contributed by atoms with Crippen molar-refractivity contribution in [3.63, 3.8) is 0 Å². The van der Waals surface area contributed by atoms with E-state index in [9.17, 15) is 31.1 Å². The fraction of sp³-hybridized carbons (Fsp3) is 0.174. The molecule has 0 saturated heterocycles. The van der Waals surface area contributed by atoms with Crippen LogP contribution in [0.2, 0.25) is 0 Å². The predicted molar refractivity (Wildman–Crippen MR) is 115 cm³/mol. The number of hydrogen-bond acceptors (Lipinski definition) is 5. The van der Waals surface area contributed by atoms with Gasteiger partial charge in [-0.3, -0.25) is 4.79 Å². The SMILES string of the molecule is CC(NC(=O)c1cc(-c2cccc(C(F)(F)F)c2)cc(C(F)(F)F)c1)c1ncnn1-c1ncccn1. The average Bonchev–Trinajstić information content (AvgIpc) is 3.33. The van der Waals surface area contributed by atoms with Gasteiger partial charge in [-0.1, -0.05) is 12.1 Å². The van der Waals surface area contributed by atoms with Gasteiger partial charge in [0.05, 0.1) is 17.2 Å². The van der Waals surface area contributed by atoms with E-state index < -0.39 is 41.0 Å². The summed E-state index contributed by atoms with van der Waals surface area (Å²) in [5, 5.41) is 6.54. The fourth-order valence-electron chi connectivity index (χ4n) is 3.41. The number of rotatable bonds is 5. The summed E-state index contributed by atoms with van der Waals surface area (Å²) in [6.45, 7) is 1.53. The number of hydrogen-bond donors (Lipinski definition) is 1. The first kappa shape index (κ1) is 24.8. The fourth-order valence-corrected chi connectivity index (χ4v) is 3.41. The van der Waals surface area contributed by atoms with Crippen LogP contribution in [-0.4, -0.2) is 30.6 Å². The number of alkyl halides is 6. The van der Waals surface area contributed by atoms with Crippen molar-refractivity contribution >= 4 is 5.91 Å². The van der Waals surface area contributed by atoms with Crippen LogP contribution in [0.1, 0.15) is 40.3 Å². The molecule has 0 radical (unpaired) electrons. The molecule has 1 amide bonds. The molecule has 186 valence electrons. The van der Waals surface area contributed by atoms with Crippen LogP contribution in [0.15, 0.2) is 67.3 Å². The molecule has 0 fully saturated rings. The second-order valence-electron chi connectivity index (χ2n) is 7.65. The van der Waals surface area contributed by atoms with Crippen molar-refractivity contribution in [1.82, 2.24) is 30.0 Å². The van der Waals surface area contributed by atoms with E-state index in [2.05, 4.69) is 25.4 Å². The second kappa shape index (κ2) is 9.40. The number of amides is 1. The lowest BCUT2D eigenvalue weighted by Gasteiger charge is -2.16. The standard InChI is InChI=1S/C23H16F6N6O/c1-13(19-32-12-33-35(19)21-30-6-3-7-31-21)34-20(36)16-8-15(10-18(11-16)23(27,28)29)14-4-2-5-17(9-14)22(24,25)26/h2-13H,1H3,(H,34,36). The Bertz CT molecular complexity index is 1380. The van der Waals surface area contributed by atoms with E-state index >= 15 is 0 Å². The van der Waals surface area contributed by atoms with E-state index in [1.165, 1.54) is 36.4 Å². The third kappa shape index (κ3) is 5.34.